The SMILES string of the molecule is CCC(CC)N(CCCl)S(=O)(=O)c1ccc(Cl)c(Cl)c1. The van der Waals surface area contributed by atoms with E-state index in [1.165, 1.54) is 22.5 Å². The van der Waals surface area contributed by atoms with Crippen LogP contribution < -0.4 is 0 Å². The highest BCUT2D eigenvalue weighted by atomic mass is 35.5. The van der Waals surface area contributed by atoms with Gasteiger partial charge in [-0.15, -0.1) is 11.6 Å². The molecule has 0 amide bonds. The van der Waals surface area contributed by atoms with Gasteiger partial charge in [-0.1, -0.05) is 37.0 Å². The van der Waals surface area contributed by atoms with Gasteiger partial charge < -0.3 is 0 Å². The maximum Gasteiger partial charge on any atom is 0.243 e. The summed E-state index contributed by atoms with van der Waals surface area (Å²) in [6.45, 7) is 4.19. The Morgan fingerprint density at radius 1 is 1.15 bits per heavy atom. The van der Waals surface area contributed by atoms with E-state index in [4.69, 9.17) is 34.8 Å². The molecule has 0 aliphatic heterocycles. The van der Waals surface area contributed by atoms with Crippen molar-refractivity contribution in [3.63, 3.8) is 0 Å². The number of hydrogen-bond acceptors (Lipinski definition) is 2. The largest absolute Gasteiger partial charge is 0.243 e. The Kier molecular flexibility index (Phi) is 7.09. The molecule has 3 nitrogen and oxygen atoms in total. The molecule has 0 unspecified atom stereocenters. The van der Waals surface area contributed by atoms with Crippen molar-refractivity contribution in [2.45, 2.75) is 37.6 Å². The van der Waals surface area contributed by atoms with Crippen LogP contribution >= 0.6 is 34.8 Å². The lowest BCUT2D eigenvalue weighted by Gasteiger charge is -2.29. The van der Waals surface area contributed by atoms with E-state index in [1.54, 1.807) is 0 Å². The van der Waals surface area contributed by atoms with Crippen molar-refractivity contribution in [2.24, 2.45) is 0 Å². The predicted octanol–water partition coefficient (Wildman–Crippen LogP) is 4.41. The second-order valence-corrected chi connectivity index (χ2v) is 7.43. The third kappa shape index (κ3) is 4.01. The molecule has 7 heteroatoms. The monoisotopic (exact) mass is 357 g/mol. The van der Waals surface area contributed by atoms with Crippen LogP contribution in [0, 0.1) is 0 Å². The molecule has 0 heterocycles. The smallest absolute Gasteiger partial charge is 0.207 e. The van der Waals surface area contributed by atoms with Crippen LogP contribution in [0.25, 0.3) is 0 Å². The lowest BCUT2D eigenvalue weighted by Crippen LogP contribution is -2.40. The Labute approximate surface area is 135 Å². The molecule has 0 atom stereocenters. The molecule has 0 N–H and O–H groups in total. The lowest BCUT2D eigenvalue weighted by atomic mass is 10.2. The number of halogens is 3. The molecule has 1 aromatic rings. The Morgan fingerprint density at radius 2 is 1.75 bits per heavy atom. The van der Waals surface area contributed by atoms with Crippen molar-refractivity contribution >= 4 is 44.8 Å². The van der Waals surface area contributed by atoms with Gasteiger partial charge in [0, 0.05) is 18.5 Å². The summed E-state index contributed by atoms with van der Waals surface area (Å²) in [5.74, 6) is 0.247. The van der Waals surface area contributed by atoms with Crippen LogP contribution in [0.2, 0.25) is 10.0 Å². The Bertz CT molecular complexity index is 545. The normalized spacial score (nSPS) is 12.3. The number of alkyl halides is 1. The van der Waals surface area contributed by atoms with Gasteiger partial charge in [0.1, 0.15) is 0 Å². The summed E-state index contributed by atoms with van der Waals surface area (Å²) in [4.78, 5) is 0.143. The minimum absolute atomic E-state index is 0.0757. The van der Waals surface area contributed by atoms with Gasteiger partial charge in [-0.2, -0.15) is 4.31 Å². The molecule has 1 aromatic carbocycles. The molecule has 0 fully saturated rings. The zero-order valence-electron chi connectivity index (χ0n) is 11.4. The molecule has 0 aromatic heterocycles. The van der Waals surface area contributed by atoms with E-state index in [1.807, 2.05) is 13.8 Å². The Hall–Kier alpha value is -0.000000000000000111. The van der Waals surface area contributed by atoms with E-state index in [9.17, 15) is 8.42 Å². The molecule has 0 aliphatic carbocycles. The van der Waals surface area contributed by atoms with Crippen molar-refractivity contribution in [1.29, 1.82) is 0 Å². The van der Waals surface area contributed by atoms with E-state index in [0.717, 1.165) is 12.8 Å². The van der Waals surface area contributed by atoms with Gasteiger partial charge in [0.2, 0.25) is 10.0 Å². The minimum atomic E-state index is -3.62. The number of benzene rings is 1. The van der Waals surface area contributed by atoms with E-state index in [-0.39, 0.29) is 28.4 Å². The number of hydrogen-bond donors (Lipinski definition) is 0. The first-order valence-corrected chi connectivity index (χ1v) is 9.14. The molecule has 20 heavy (non-hydrogen) atoms. The number of nitrogens with zero attached hydrogens (tertiary/aromatic N) is 1. The number of sulfonamides is 1. The van der Waals surface area contributed by atoms with Gasteiger partial charge in [0.05, 0.1) is 14.9 Å². The molecule has 1 rings (SSSR count). The summed E-state index contributed by atoms with van der Waals surface area (Å²) in [5.41, 5.74) is 0. The summed E-state index contributed by atoms with van der Waals surface area (Å²) in [5, 5.41) is 0.556. The van der Waals surface area contributed by atoms with Crippen molar-refractivity contribution < 1.29 is 8.42 Å². The fraction of sp³-hybridized carbons (Fsp3) is 0.538. The Morgan fingerprint density at radius 3 is 2.20 bits per heavy atom. The van der Waals surface area contributed by atoms with Crippen molar-refractivity contribution in [2.75, 3.05) is 12.4 Å². The molecule has 0 spiro atoms. The third-order valence-electron chi connectivity index (χ3n) is 3.15. The molecular formula is C13H18Cl3NO2S. The second kappa shape index (κ2) is 7.85. The minimum Gasteiger partial charge on any atom is -0.207 e. The average Bonchev–Trinajstić information content (AvgIpc) is 2.42. The molecule has 114 valence electrons. The fourth-order valence-corrected chi connectivity index (χ4v) is 4.50. The molecule has 0 radical (unpaired) electrons. The van der Waals surface area contributed by atoms with Gasteiger partial charge in [-0.05, 0) is 31.0 Å². The second-order valence-electron chi connectivity index (χ2n) is 4.35. The standard InChI is InChI=1S/C13H18Cl3NO2S/c1-3-10(4-2)17(8-7-14)20(18,19)11-5-6-12(15)13(16)9-11/h5-6,9-10H,3-4,7-8H2,1-2H3. The van der Waals surface area contributed by atoms with E-state index in [2.05, 4.69) is 0 Å². The van der Waals surface area contributed by atoms with Crippen LogP contribution in [-0.2, 0) is 10.0 Å². The van der Waals surface area contributed by atoms with Gasteiger partial charge in [0.25, 0.3) is 0 Å². The molecule has 0 bridgehead atoms. The highest BCUT2D eigenvalue weighted by Gasteiger charge is 2.29. The summed E-state index contributed by atoms with van der Waals surface area (Å²) < 4.78 is 26.9. The fourth-order valence-electron chi connectivity index (χ4n) is 2.05. The van der Waals surface area contributed by atoms with Crippen molar-refractivity contribution in [3.8, 4) is 0 Å². The summed E-state index contributed by atoms with van der Waals surface area (Å²) in [6.07, 6.45) is 1.46. The van der Waals surface area contributed by atoms with Crippen molar-refractivity contribution in [3.05, 3.63) is 28.2 Å². The van der Waals surface area contributed by atoms with Gasteiger partial charge in [-0.25, -0.2) is 8.42 Å². The van der Waals surface area contributed by atoms with Crippen molar-refractivity contribution in [1.82, 2.24) is 4.31 Å². The zero-order chi connectivity index (χ0) is 15.3. The van der Waals surface area contributed by atoms with Crippen LogP contribution in [0.4, 0.5) is 0 Å². The van der Waals surface area contributed by atoms with E-state index in [0.29, 0.717) is 5.02 Å². The van der Waals surface area contributed by atoms with Gasteiger partial charge in [0.15, 0.2) is 0 Å². The molecule has 0 aliphatic rings. The topological polar surface area (TPSA) is 37.4 Å². The Balaban J connectivity index is 3.24. The zero-order valence-corrected chi connectivity index (χ0v) is 14.5. The highest BCUT2D eigenvalue weighted by Crippen LogP contribution is 2.28. The third-order valence-corrected chi connectivity index (χ3v) is 6.01. The van der Waals surface area contributed by atoms with Crippen LogP contribution in [0.1, 0.15) is 26.7 Å². The summed E-state index contributed by atoms with van der Waals surface area (Å²) in [6, 6.07) is 4.26. The molecule has 0 saturated heterocycles. The summed E-state index contributed by atoms with van der Waals surface area (Å²) >= 11 is 17.5. The number of rotatable bonds is 7. The van der Waals surface area contributed by atoms with Crippen LogP contribution in [-0.4, -0.2) is 31.2 Å². The highest BCUT2D eigenvalue weighted by molar-refractivity contribution is 7.89. The van der Waals surface area contributed by atoms with Crippen LogP contribution in [0.15, 0.2) is 23.1 Å². The van der Waals surface area contributed by atoms with Crippen LogP contribution in [0.3, 0.4) is 0 Å². The molecular weight excluding hydrogens is 341 g/mol. The first kappa shape index (κ1) is 18.1. The quantitative estimate of drug-likeness (QED) is 0.677. The lowest BCUT2D eigenvalue weighted by molar-refractivity contribution is 0.316. The van der Waals surface area contributed by atoms with E-state index < -0.39 is 10.0 Å². The van der Waals surface area contributed by atoms with E-state index >= 15 is 0 Å². The first-order chi connectivity index (χ1) is 9.38. The van der Waals surface area contributed by atoms with Crippen LogP contribution in [0.5, 0.6) is 0 Å². The first-order valence-electron chi connectivity index (χ1n) is 6.41. The summed E-state index contributed by atoms with van der Waals surface area (Å²) in [7, 11) is -3.62. The maximum absolute atomic E-state index is 12.7. The predicted molar refractivity (Wildman–Crippen MR) is 85.4 cm³/mol. The average molecular weight is 359 g/mol. The maximum atomic E-state index is 12.7. The van der Waals surface area contributed by atoms with Gasteiger partial charge in [-0.3, -0.25) is 0 Å². The molecule has 0 saturated carbocycles. The van der Waals surface area contributed by atoms with Gasteiger partial charge >= 0.3 is 0 Å².